The van der Waals surface area contributed by atoms with Crippen LogP contribution < -0.4 is 0 Å². The Bertz CT molecular complexity index is 1150. The summed E-state index contributed by atoms with van der Waals surface area (Å²) >= 11 is 0. The Morgan fingerprint density at radius 2 is 0.651 bits per heavy atom. The molecule has 0 aromatic carbocycles. The van der Waals surface area contributed by atoms with E-state index < -0.39 is 6.10 Å². The Hall–Kier alpha value is -2.89. The summed E-state index contributed by atoms with van der Waals surface area (Å²) in [6.45, 7) is 6.46. The summed E-state index contributed by atoms with van der Waals surface area (Å²) in [5.41, 5.74) is 0. The van der Waals surface area contributed by atoms with E-state index in [1.807, 2.05) is 6.08 Å². The van der Waals surface area contributed by atoms with Crippen LogP contribution in [0, 0.1) is 0 Å². The van der Waals surface area contributed by atoms with Crippen molar-refractivity contribution in [2.45, 2.75) is 271 Å². The lowest BCUT2D eigenvalue weighted by Gasteiger charge is -2.18. The highest BCUT2D eigenvalue weighted by molar-refractivity contribution is 5.71. The predicted octanol–water partition coefficient (Wildman–Crippen LogP) is 17.6. The standard InChI is InChI=1S/C57H100O6/c1-4-7-10-13-16-19-22-25-27-28-29-30-33-35-38-41-44-47-50-56(59)62-53-54(52-61-55(58)49-46-43-40-37-34-31-24-21-18-15-12-9-6-3)63-57(60)51-48-45-42-39-36-32-26-23-20-17-14-11-8-5-2/h8,11,17,20,26,31-32,34,40,43,54H,4-7,9-10,12-16,18-19,21-25,27-30,33,35-39,41-42,44-53H2,1-3H3/b11-8-,20-17-,32-26-,34-31-,43-40-. The fourth-order valence-electron chi connectivity index (χ4n) is 7.51. The first-order valence-electron chi connectivity index (χ1n) is 26.8. The monoisotopic (exact) mass is 881 g/mol. The minimum Gasteiger partial charge on any atom is -0.462 e. The average Bonchev–Trinajstić information content (AvgIpc) is 3.28. The molecular weight excluding hydrogens is 781 g/mol. The van der Waals surface area contributed by atoms with Crippen LogP contribution in [0.25, 0.3) is 0 Å². The molecule has 1 unspecified atom stereocenters. The minimum atomic E-state index is -0.806. The number of esters is 3. The summed E-state index contributed by atoms with van der Waals surface area (Å²) in [6.07, 6.45) is 63.7. The van der Waals surface area contributed by atoms with E-state index in [-0.39, 0.29) is 37.5 Å². The molecule has 0 amide bonds. The minimum absolute atomic E-state index is 0.0984. The van der Waals surface area contributed by atoms with Crippen LogP contribution in [-0.2, 0) is 28.6 Å². The van der Waals surface area contributed by atoms with Crippen molar-refractivity contribution in [2.24, 2.45) is 0 Å². The van der Waals surface area contributed by atoms with Gasteiger partial charge in [-0.05, 0) is 70.6 Å². The fraction of sp³-hybridized carbons (Fsp3) is 0.772. The topological polar surface area (TPSA) is 78.9 Å². The predicted molar refractivity (Wildman–Crippen MR) is 270 cm³/mol. The lowest BCUT2D eigenvalue weighted by atomic mass is 10.0. The van der Waals surface area contributed by atoms with E-state index in [0.717, 1.165) is 83.5 Å². The van der Waals surface area contributed by atoms with Gasteiger partial charge in [0.15, 0.2) is 6.10 Å². The molecule has 0 aromatic rings. The molecule has 364 valence electrons. The molecule has 0 spiro atoms. The zero-order valence-electron chi connectivity index (χ0n) is 41.6. The lowest BCUT2D eigenvalue weighted by molar-refractivity contribution is -0.166. The van der Waals surface area contributed by atoms with Gasteiger partial charge in [0.2, 0.25) is 0 Å². The van der Waals surface area contributed by atoms with E-state index in [4.69, 9.17) is 14.2 Å². The van der Waals surface area contributed by atoms with E-state index in [1.165, 1.54) is 135 Å². The molecule has 0 N–H and O–H groups in total. The van der Waals surface area contributed by atoms with Gasteiger partial charge >= 0.3 is 17.9 Å². The molecule has 0 bridgehead atoms. The first kappa shape index (κ1) is 60.1. The quantitative estimate of drug-likeness (QED) is 0.0262. The Morgan fingerprint density at radius 1 is 0.333 bits per heavy atom. The van der Waals surface area contributed by atoms with Gasteiger partial charge in [-0.25, -0.2) is 0 Å². The van der Waals surface area contributed by atoms with Crippen LogP contribution in [0.2, 0.25) is 0 Å². The number of carbonyl (C=O) groups excluding carboxylic acids is 3. The van der Waals surface area contributed by atoms with Crippen molar-refractivity contribution < 1.29 is 28.6 Å². The molecule has 0 aromatic heterocycles. The van der Waals surface area contributed by atoms with Crippen LogP contribution in [0.5, 0.6) is 0 Å². The van der Waals surface area contributed by atoms with Crippen molar-refractivity contribution in [3.8, 4) is 0 Å². The second-order valence-corrected chi connectivity index (χ2v) is 17.8. The van der Waals surface area contributed by atoms with Gasteiger partial charge in [0, 0.05) is 19.3 Å². The Kier molecular flexibility index (Phi) is 49.4. The number of allylic oxidation sites excluding steroid dienone is 10. The summed E-state index contributed by atoms with van der Waals surface area (Å²) in [6, 6.07) is 0. The van der Waals surface area contributed by atoms with Crippen molar-refractivity contribution in [1.82, 2.24) is 0 Å². The van der Waals surface area contributed by atoms with Crippen LogP contribution in [0.4, 0.5) is 0 Å². The van der Waals surface area contributed by atoms with Gasteiger partial charge < -0.3 is 14.2 Å². The van der Waals surface area contributed by atoms with Crippen LogP contribution in [0.3, 0.4) is 0 Å². The maximum atomic E-state index is 12.8. The van der Waals surface area contributed by atoms with Crippen molar-refractivity contribution >= 4 is 17.9 Å². The second kappa shape index (κ2) is 51.7. The van der Waals surface area contributed by atoms with E-state index in [2.05, 4.69) is 75.5 Å². The molecule has 6 nitrogen and oxygen atoms in total. The average molecular weight is 881 g/mol. The van der Waals surface area contributed by atoms with Crippen LogP contribution in [-0.4, -0.2) is 37.2 Å². The Labute approximate surface area is 390 Å². The molecular formula is C57H100O6. The Morgan fingerprint density at radius 3 is 1.06 bits per heavy atom. The molecule has 0 rings (SSSR count). The van der Waals surface area contributed by atoms with E-state index in [9.17, 15) is 14.4 Å². The highest BCUT2D eigenvalue weighted by atomic mass is 16.6. The molecule has 1 atom stereocenters. The summed E-state index contributed by atoms with van der Waals surface area (Å²) < 4.78 is 16.7. The SMILES string of the molecule is CC/C=C\C/C=C\C/C=C\CCCCCCC(=O)OC(COC(=O)CC/C=C\C/C=C\CCCCCCCC)COC(=O)CCCCCCCCCCCCCCCCCCCC. The third-order valence-electron chi connectivity index (χ3n) is 11.5. The van der Waals surface area contributed by atoms with Gasteiger partial charge in [0.05, 0.1) is 0 Å². The maximum Gasteiger partial charge on any atom is 0.306 e. The maximum absolute atomic E-state index is 12.8. The summed E-state index contributed by atoms with van der Waals surface area (Å²) in [5.74, 6) is -0.985. The number of unbranched alkanes of at least 4 members (excludes halogenated alkanes) is 27. The van der Waals surface area contributed by atoms with E-state index in [0.29, 0.717) is 19.3 Å². The van der Waals surface area contributed by atoms with E-state index >= 15 is 0 Å². The Balaban J connectivity index is 4.41. The largest absolute Gasteiger partial charge is 0.462 e. The normalized spacial score (nSPS) is 12.5. The second-order valence-electron chi connectivity index (χ2n) is 17.8. The number of ether oxygens (including phenoxy) is 3. The van der Waals surface area contributed by atoms with Crippen molar-refractivity contribution in [3.05, 3.63) is 60.8 Å². The molecule has 6 heteroatoms. The number of carbonyl (C=O) groups is 3. The molecule has 63 heavy (non-hydrogen) atoms. The van der Waals surface area contributed by atoms with E-state index in [1.54, 1.807) is 0 Å². The summed E-state index contributed by atoms with van der Waals surface area (Å²) in [7, 11) is 0. The van der Waals surface area contributed by atoms with Gasteiger partial charge in [-0.15, -0.1) is 0 Å². The van der Waals surface area contributed by atoms with Crippen LogP contribution in [0.15, 0.2) is 60.8 Å². The van der Waals surface area contributed by atoms with Crippen LogP contribution >= 0.6 is 0 Å². The molecule has 0 aliphatic carbocycles. The molecule has 0 saturated heterocycles. The smallest absolute Gasteiger partial charge is 0.306 e. The summed E-state index contributed by atoms with van der Waals surface area (Å²) in [4.78, 5) is 38.0. The highest BCUT2D eigenvalue weighted by Crippen LogP contribution is 2.16. The molecule has 0 radical (unpaired) electrons. The molecule has 0 aliphatic heterocycles. The first-order valence-corrected chi connectivity index (χ1v) is 26.8. The zero-order valence-corrected chi connectivity index (χ0v) is 41.6. The van der Waals surface area contributed by atoms with Gasteiger partial charge in [0.25, 0.3) is 0 Å². The molecule has 0 heterocycles. The van der Waals surface area contributed by atoms with Gasteiger partial charge in [-0.3, -0.25) is 14.4 Å². The van der Waals surface area contributed by atoms with Gasteiger partial charge in [-0.2, -0.15) is 0 Å². The summed E-state index contributed by atoms with van der Waals surface area (Å²) in [5, 5.41) is 0. The van der Waals surface area contributed by atoms with Gasteiger partial charge in [0.1, 0.15) is 13.2 Å². The highest BCUT2D eigenvalue weighted by Gasteiger charge is 2.19. The molecule has 0 aliphatic rings. The number of hydrogen-bond acceptors (Lipinski definition) is 6. The molecule has 0 fully saturated rings. The van der Waals surface area contributed by atoms with Crippen LogP contribution in [0.1, 0.15) is 265 Å². The fourth-order valence-corrected chi connectivity index (χ4v) is 7.51. The third kappa shape index (κ3) is 50.0. The van der Waals surface area contributed by atoms with Crippen molar-refractivity contribution in [3.63, 3.8) is 0 Å². The lowest BCUT2D eigenvalue weighted by Crippen LogP contribution is -2.30. The van der Waals surface area contributed by atoms with Gasteiger partial charge in [-0.1, -0.05) is 236 Å². The zero-order chi connectivity index (χ0) is 45.8. The molecule has 0 saturated carbocycles. The first-order chi connectivity index (χ1) is 31.0. The number of rotatable bonds is 48. The number of hydrogen-bond donors (Lipinski definition) is 0. The third-order valence-corrected chi connectivity index (χ3v) is 11.5. The van der Waals surface area contributed by atoms with Crippen molar-refractivity contribution in [2.75, 3.05) is 13.2 Å². The van der Waals surface area contributed by atoms with Crippen molar-refractivity contribution in [1.29, 1.82) is 0 Å².